The van der Waals surface area contributed by atoms with Gasteiger partial charge in [-0.05, 0) is 23.9 Å². The zero-order valence-corrected chi connectivity index (χ0v) is 10.2. The lowest BCUT2D eigenvalue weighted by Gasteiger charge is -2.08. The highest BCUT2D eigenvalue weighted by Gasteiger charge is 2.03. The fourth-order valence-corrected chi connectivity index (χ4v) is 1.87. The lowest BCUT2D eigenvalue weighted by molar-refractivity contribution is -0.116. The maximum atomic E-state index is 11.3. The lowest BCUT2D eigenvalue weighted by Crippen LogP contribution is -2.30. The molecule has 1 aromatic heterocycles. The van der Waals surface area contributed by atoms with E-state index in [1.54, 1.807) is 17.4 Å². The van der Waals surface area contributed by atoms with Crippen molar-refractivity contribution in [2.75, 3.05) is 6.54 Å². The van der Waals surface area contributed by atoms with Crippen molar-refractivity contribution >= 4 is 23.3 Å². The zero-order valence-electron chi connectivity index (χ0n) is 9.35. The first-order valence-corrected chi connectivity index (χ1v) is 6.27. The van der Waals surface area contributed by atoms with Gasteiger partial charge in [0.25, 0.3) is 0 Å². The van der Waals surface area contributed by atoms with E-state index in [0.29, 0.717) is 6.54 Å². The monoisotopic (exact) mass is 239 g/mol. The molecule has 0 aliphatic heterocycles. The van der Waals surface area contributed by atoms with Gasteiger partial charge in [-0.1, -0.05) is 19.4 Å². The Kier molecular flexibility index (Phi) is 5.82. The van der Waals surface area contributed by atoms with E-state index in [4.69, 9.17) is 0 Å². The summed E-state index contributed by atoms with van der Waals surface area (Å²) in [6.07, 6.45) is 4.46. The van der Waals surface area contributed by atoms with Crippen molar-refractivity contribution in [2.24, 2.45) is 0 Å². The van der Waals surface area contributed by atoms with Gasteiger partial charge in [-0.3, -0.25) is 4.79 Å². The summed E-state index contributed by atoms with van der Waals surface area (Å²) >= 11 is 1.58. The highest BCUT2D eigenvalue weighted by atomic mass is 32.1. The van der Waals surface area contributed by atoms with E-state index in [9.17, 15) is 9.90 Å². The first-order valence-electron chi connectivity index (χ1n) is 5.40. The van der Waals surface area contributed by atoms with Gasteiger partial charge >= 0.3 is 0 Å². The molecule has 0 bridgehead atoms. The second-order valence-electron chi connectivity index (χ2n) is 3.54. The number of thiophene rings is 1. The van der Waals surface area contributed by atoms with Crippen molar-refractivity contribution in [2.45, 2.75) is 25.9 Å². The number of aliphatic hydroxyl groups excluding tert-OH is 1. The third kappa shape index (κ3) is 5.09. The second-order valence-corrected chi connectivity index (χ2v) is 4.52. The average molecular weight is 239 g/mol. The summed E-state index contributed by atoms with van der Waals surface area (Å²) in [4.78, 5) is 12.4. The molecule has 1 rings (SSSR count). The van der Waals surface area contributed by atoms with Crippen molar-refractivity contribution in [3.8, 4) is 0 Å². The normalized spacial score (nSPS) is 12.9. The third-order valence-corrected chi connectivity index (χ3v) is 2.91. The first kappa shape index (κ1) is 12.9. The zero-order chi connectivity index (χ0) is 11.8. The largest absolute Gasteiger partial charge is 0.391 e. The van der Waals surface area contributed by atoms with Crippen LogP contribution in [0.3, 0.4) is 0 Å². The first-order chi connectivity index (χ1) is 7.72. The Hall–Kier alpha value is -1.13. The number of nitrogens with one attached hydrogen (secondary N) is 1. The maximum absolute atomic E-state index is 11.3. The van der Waals surface area contributed by atoms with E-state index in [-0.39, 0.29) is 5.91 Å². The minimum atomic E-state index is -0.441. The van der Waals surface area contributed by atoms with Gasteiger partial charge in [0.2, 0.25) is 5.91 Å². The number of aliphatic hydroxyl groups is 1. The summed E-state index contributed by atoms with van der Waals surface area (Å²) in [5.74, 6) is -0.163. The van der Waals surface area contributed by atoms with E-state index in [0.717, 1.165) is 17.7 Å². The standard InChI is InChI=1S/C12H17NO2S/c1-2-4-10(14)9-13-12(15)7-6-11-5-3-8-16-11/h3,5-8,10,14H,2,4,9H2,1H3,(H,13,15)/b7-6+. The van der Waals surface area contributed by atoms with Crippen LogP contribution in [0.5, 0.6) is 0 Å². The maximum Gasteiger partial charge on any atom is 0.244 e. The number of hydrogen-bond acceptors (Lipinski definition) is 3. The molecule has 0 saturated carbocycles. The molecule has 0 aliphatic carbocycles. The Morgan fingerprint density at radius 1 is 1.69 bits per heavy atom. The van der Waals surface area contributed by atoms with Crippen LogP contribution < -0.4 is 5.32 Å². The number of amides is 1. The summed E-state index contributed by atoms with van der Waals surface area (Å²) in [6, 6.07) is 3.88. The molecule has 0 spiro atoms. The summed E-state index contributed by atoms with van der Waals surface area (Å²) in [5, 5.41) is 14.0. The van der Waals surface area contributed by atoms with Gasteiger partial charge in [0.1, 0.15) is 0 Å². The van der Waals surface area contributed by atoms with Crippen LogP contribution >= 0.6 is 11.3 Å². The molecule has 88 valence electrons. The average Bonchev–Trinajstić information content (AvgIpc) is 2.77. The van der Waals surface area contributed by atoms with E-state index in [1.165, 1.54) is 6.08 Å². The molecule has 0 fully saturated rings. The van der Waals surface area contributed by atoms with Crippen LogP contribution in [0, 0.1) is 0 Å². The molecule has 2 N–H and O–H groups in total. The van der Waals surface area contributed by atoms with E-state index < -0.39 is 6.10 Å². The highest BCUT2D eigenvalue weighted by molar-refractivity contribution is 7.10. The molecule has 0 radical (unpaired) electrons. The molecule has 0 aliphatic rings. The van der Waals surface area contributed by atoms with Gasteiger partial charge < -0.3 is 10.4 Å². The van der Waals surface area contributed by atoms with Crippen molar-refractivity contribution in [1.29, 1.82) is 0 Å². The van der Waals surface area contributed by atoms with Crippen LogP contribution in [0.2, 0.25) is 0 Å². The highest BCUT2D eigenvalue weighted by Crippen LogP contribution is 2.09. The van der Waals surface area contributed by atoms with E-state index in [2.05, 4.69) is 5.32 Å². The summed E-state index contributed by atoms with van der Waals surface area (Å²) in [6.45, 7) is 2.32. The Balaban J connectivity index is 2.26. The molecule has 4 heteroatoms. The van der Waals surface area contributed by atoms with Gasteiger partial charge in [0.05, 0.1) is 6.10 Å². The second kappa shape index (κ2) is 7.19. The quantitative estimate of drug-likeness (QED) is 0.746. The lowest BCUT2D eigenvalue weighted by atomic mass is 10.2. The smallest absolute Gasteiger partial charge is 0.244 e. The van der Waals surface area contributed by atoms with Crippen LogP contribution in [-0.2, 0) is 4.79 Å². The number of rotatable bonds is 6. The van der Waals surface area contributed by atoms with Crippen molar-refractivity contribution in [3.63, 3.8) is 0 Å². The fourth-order valence-electron chi connectivity index (χ4n) is 1.26. The molecule has 16 heavy (non-hydrogen) atoms. The number of carbonyl (C=O) groups is 1. The Morgan fingerprint density at radius 3 is 3.12 bits per heavy atom. The molecule has 1 unspecified atom stereocenters. The molecule has 3 nitrogen and oxygen atoms in total. The molecule has 0 saturated heterocycles. The summed E-state index contributed by atoms with van der Waals surface area (Å²) in [5.41, 5.74) is 0. The summed E-state index contributed by atoms with van der Waals surface area (Å²) < 4.78 is 0. The van der Waals surface area contributed by atoms with E-state index in [1.807, 2.05) is 24.4 Å². The van der Waals surface area contributed by atoms with Gasteiger partial charge in [0, 0.05) is 17.5 Å². The number of hydrogen-bond donors (Lipinski definition) is 2. The molecular weight excluding hydrogens is 222 g/mol. The molecule has 1 heterocycles. The summed E-state index contributed by atoms with van der Waals surface area (Å²) in [7, 11) is 0. The van der Waals surface area contributed by atoms with Crippen LogP contribution in [0.25, 0.3) is 6.08 Å². The number of carbonyl (C=O) groups excluding carboxylic acids is 1. The van der Waals surface area contributed by atoms with Gasteiger partial charge in [-0.2, -0.15) is 0 Å². The molecule has 1 amide bonds. The molecule has 1 atom stereocenters. The van der Waals surface area contributed by atoms with Gasteiger partial charge in [-0.25, -0.2) is 0 Å². The predicted molar refractivity (Wildman–Crippen MR) is 67.3 cm³/mol. The van der Waals surface area contributed by atoms with Crippen LogP contribution in [-0.4, -0.2) is 23.7 Å². The van der Waals surface area contributed by atoms with Gasteiger partial charge in [-0.15, -0.1) is 11.3 Å². The van der Waals surface area contributed by atoms with Crippen molar-refractivity contribution < 1.29 is 9.90 Å². The third-order valence-electron chi connectivity index (χ3n) is 2.08. The van der Waals surface area contributed by atoms with Crippen LogP contribution in [0.4, 0.5) is 0 Å². The van der Waals surface area contributed by atoms with Crippen LogP contribution in [0.15, 0.2) is 23.6 Å². The SMILES string of the molecule is CCCC(O)CNC(=O)/C=C/c1cccs1. The fraction of sp³-hybridized carbons (Fsp3) is 0.417. The van der Waals surface area contributed by atoms with Crippen molar-refractivity contribution in [1.82, 2.24) is 5.32 Å². The van der Waals surface area contributed by atoms with Crippen molar-refractivity contribution in [3.05, 3.63) is 28.5 Å². The topological polar surface area (TPSA) is 49.3 Å². The van der Waals surface area contributed by atoms with Crippen LogP contribution in [0.1, 0.15) is 24.6 Å². The minimum absolute atomic E-state index is 0.163. The minimum Gasteiger partial charge on any atom is -0.391 e. The molecular formula is C12H17NO2S. The molecule has 1 aromatic rings. The predicted octanol–water partition coefficient (Wildman–Crippen LogP) is 2.04. The molecule has 0 aromatic carbocycles. The van der Waals surface area contributed by atoms with E-state index >= 15 is 0 Å². The Bertz CT molecular complexity index is 333. The van der Waals surface area contributed by atoms with Gasteiger partial charge in [0.15, 0.2) is 0 Å². The Morgan fingerprint density at radius 2 is 2.50 bits per heavy atom. The Labute approximate surface area is 99.8 Å².